The number of hydrogen-bond acceptors (Lipinski definition) is 8. The second-order valence-corrected chi connectivity index (χ2v) is 10.2. The van der Waals surface area contributed by atoms with Crippen molar-refractivity contribution < 1.29 is 28.9 Å². The molecule has 11 nitrogen and oxygen atoms in total. The topological polar surface area (TPSA) is 128 Å². The van der Waals surface area contributed by atoms with Crippen LogP contribution in [-0.2, 0) is 16.1 Å². The first-order chi connectivity index (χ1) is 20.0. The Morgan fingerprint density at radius 3 is 2.68 bits per heavy atom. The molecule has 1 aliphatic carbocycles. The van der Waals surface area contributed by atoms with Gasteiger partial charge < -0.3 is 24.6 Å². The number of phenols is 1. The summed E-state index contributed by atoms with van der Waals surface area (Å²) in [7, 11) is 1.45. The lowest BCUT2D eigenvalue weighted by molar-refractivity contribution is -0.127. The molecule has 1 fully saturated rings. The van der Waals surface area contributed by atoms with Gasteiger partial charge in [0.2, 0.25) is 18.6 Å². The minimum atomic E-state index is -1.11. The predicted molar refractivity (Wildman–Crippen MR) is 150 cm³/mol. The van der Waals surface area contributed by atoms with Gasteiger partial charge in [-0.3, -0.25) is 14.5 Å². The van der Waals surface area contributed by atoms with Gasteiger partial charge in [-0.05, 0) is 54.8 Å². The zero-order valence-electron chi connectivity index (χ0n) is 22.7. The van der Waals surface area contributed by atoms with E-state index in [1.165, 1.54) is 22.8 Å². The van der Waals surface area contributed by atoms with Gasteiger partial charge in [0.1, 0.15) is 18.1 Å². The number of amides is 2. The average molecular weight is 558 g/mol. The number of aromatic nitrogens is 3. The number of anilines is 1. The zero-order chi connectivity index (χ0) is 28.3. The van der Waals surface area contributed by atoms with Crippen molar-refractivity contribution in [2.75, 3.05) is 18.8 Å². The number of nitrogens with one attached hydrogen (secondary N) is 1. The number of benzene rings is 3. The van der Waals surface area contributed by atoms with Crippen molar-refractivity contribution in [3.63, 3.8) is 0 Å². The van der Waals surface area contributed by atoms with Gasteiger partial charge in [0.25, 0.3) is 0 Å². The summed E-state index contributed by atoms with van der Waals surface area (Å²) in [5.41, 5.74) is 2.20. The molecule has 0 bridgehead atoms. The highest BCUT2D eigenvalue weighted by Crippen LogP contribution is 2.39. The number of ether oxygens (including phenoxy) is 3. The molecule has 2 amide bonds. The number of methoxy groups -OCH3 is 1. The second kappa shape index (κ2) is 11.4. The van der Waals surface area contributed by atoms with Crippen LogP contribution < -0.4 is 24.4 Å². The summed E-state index contributed by atoms with van der Waals surface area (Å²) in [5, 5.41) is 22.2. The van der Waals surface area contributed by atoms with E-state index in [1.54, 1.807) is 30.3 Å². The van der Waals surface area contributed by atoms with E-state index in [-0.39, 0.29) is 36.8 Å². The zero-order valence-corrected chi connectivity index (χ0v) is 22.7. The van der Waals surface area contributed by atoms with Crippen LogP contribution in [0.4, 0.5) is 5.69 Å². The fraction of sp³-hybridized carbons (Fsp3) is 0.333. The fourth-order valence-corrected chi connectivity index (χ4v) is 5.53. The van der Waals surface area contributed by atoms with Crippen molar-refractivity contribution in [3.05, 3.63) is 66.2 Å². The lowest BCUT2D eigenvalue weighted by atomic mass is 9.94. The Kier molecular flexibility index (Phi) is 7.32. The highest BCUT2D eigenvalue weighted by Gasteiger charge is 2.36. The fourth-order valence-electron chi connectivity index (χ4n) is 5.53. The summed E-state index contributed by atoms with van der Waals surface area (Å²) in [6.07, 6.45) is 4.94. The van der Waals surface area contributed by atoms with E-state index >= 15 is 0 Å². The van der Waals surface area contributed by atoms with Crippen LogP contribution in [0.15, 0.2) is 60.7 Å². The van der Waals surface area contributed by atoms with Crippen LogP contribution in [0.2, 0.25) is 0 Å². The number of fused-ring (bicyclic) bond motifs is 2. The third-order valence-electron chi connectivity index (χ3n) is 7.59. The van der Waals surface area contributed by atoms with Crippen molar-refractivity contribution in [1.29, 1.82) is 0 Å². The van der Waals surface area contributed by atoms with E-state index in [0.717, 1.165) is 32.1 Å². The molecule has 1 saturated carbocycles. The first-order valence-corrected chi connectivity index (χ1v) is 13.7. The van der Waals surface area contributed by atoms with E-state index in [9.17, 15) is 14.7 Å². The molecule has 4 aromatic rings. The Morgan fingerprint density at radius 1 is 1.07 bits per heavy atom. The smallest absolute Gasteiger partial charge is 0.249 e. The molecule has 2 aliphatic rings. The predicted octanol–water partition coefficient (Wildman–Crippen LogP) is 4.10. The molecule has 1 aromatic heterocycles. The largest absolute Gasteiger partial charge is 0.504 e. The molecule has 212 valence electrons. The number of carbonyl (C=O) groups is 2. The molecule has 1 aliphatic heterocycles. The Balaban J connectivity index is 1.44. The van der Waals surface area contributed by atoms with Crippen LogP contribution in [-0.4, -0.2) is 51.9 Å². The van der Waals surface area contributed by atoms with Crippen LogP contribution in [0.25, 0.3) is 11.0 Å². The van der Waals surface area contributed by atoms with E-state index < -0.39 is 11.9 Å². The Bertz CT molecular complexity index is 1580. The van der Waals surface area contributed by atoms with E-state index in [0.29, 0.717) is 33.8 Å². The van der Waals surface area contributed by atoms with Gasteiger partial charge in [-0.25, -0.2) is 4.68 Å². The van der Waals surface area contributed by atoms with Gasteiger partial charge in [0.15, 0.2) is 23.0 Å². The Labute approximate surface area is 236 Å². The quantitative estimate of drug-likeness (QED) is 0.332. The van der Waals surface area contributed by atoms with Crippen LogP contribution in [0.1, 0.15) is 43.7 Å². The Morgan fingerprint density at radius 2 is 1.88 bits per heavy atom. The number of para-hydroxylation sites is 1. The molecule has 3 aromatic carbocycles. The van der Waals surface area contributed by atoms with Gasteiger partial charge >= 0.3 is 0 Å². The van der Waals surface area contributed by atoms with Gasteiger partial charge in [-0.1, -0.05) is 42.7 Å². The molecule has 0 spiro atoms. The minimum Gasteiger partial charge on any atom is -0.504 e. The molecule has 2 N–H and O–H groups in total. The minimum absolute atomic E-state index is 0.00133. The lowest BCUT2D eigenvalue weighted by Gasteiger charge is -2.33. The second-order valence-electron chi connectivity index (χ2n) is 10.2. The van der Waals surface area contributed by atoms with E-state index in [1.807, 2.05) is 24.3 Å². The number of hydrogen-bond donors (Lipinski definition) is 2. The van der Waals surface area contributed by atoms with Crippen molar-refractivity contribution >= 4 is 28.5 Å². The maximum atomic E-state index is 14.3. The Hall–Kier alpha value is -4.80. The summed E-state index contributed by atoms with van der Waals surface area (Å²) in [4.78, 5) is 29.8. The number of carbonyl (C=O) groups excluding carboxylic acids is 2. The highest BCUT2D eigenvalue weighted by molar-refractivity contribution is 6.02. The van der Waals surface area contributed by atoms with Crippen molar-refractivity contribution in [2.45, 2.75) is 50.7 Å². The first-order valence-electron chi connectivity index (χ1n) is 13.7. The molecular formula is C30H31N5O6. The molecular weight excluding hydrogens is 526 g/mol. The number of rotatable bonds is 8. The van der Waals surface area contributed by atoms with Gasteiger partial charge in [-0.2, -0.15) is 0 Å². The summed E-state index contributed by atoms with van der Waals surface area (Å²) >= 11 is 0. The van der Waals surface area contributed by atoms with Crippen molar-refractivity contribution in [2.24, 2.45) is 0 Å². The monoisotopic (exact) mass is 557 g/mol. The lowest BCUT2D eigenvalue weighted by Crippen LogP contribution is -2.48. The van der Waals surface area contributed by atoms with Gasteiger partial charge in [-0.15, -0.1) is 5.10 Å². The molecule has 41 heavy (non-hydrogen) atoms. The number of phenolic OH excluding ortho intramolecular Hbond substituents is 1. The first kappa shape index (κ1) is 26.4. The standard InChI is InChI=1S/C30H31N5O6/c1-39-25-13-11-19(15-24(25)36)29(30(38)31-20-7-3-2-4-8-20)35(21-12-14-26-27(16-21)41-18-40-26)28(37)17-34-23-10-6-5-9-22(23)32-33-34/h5-6,9-16,20,29,36H,2-4,7-8,17-18H2,1H3,(H,31,38)/t29-/m1/s1. The molecule has 0 radical (unpaired) electrons. The number of aromatic hydroxyl groups is 1. The molecule has 1 atom stereocenters. The summed E-state index contributed by atoms with van der Waals surface area (Å²) in [5.74, 6) is 0.384. The van der Waals surface area contributed by atoms with Crippen molar-refractivity contribution in [3.8, 4) is 23.0 Å². The maximum Gasteiger partial charge on any atom is 0.249 e. The molecule has 0 unspecified atom stereocenters. The highest BCUT2D eigenvalue weighted by atomic mass is 16.7. The van der Waals surface area contributed by atoms with Gasteiger partial charge in [0, 0.05) is 17.8 Å². The SMILES string of the molecule is COc1ccc([C@H](C(=O)NC2CCCCC2)N(C(=O)Cn2nnc3ccccc32)c2ccc3c(c2)OCO3)cc1O. The molecule has 11 heteroatoms. The van der Waals surface area contributed by atoms with Crippen LogP contribution in [0.3, 0.4) is 0 Å². The summed E-state index contributed by atoms with van der Waals surface area (Å²) in [6, 6.07) is 16.1. The van der Waals surface area contributed by atoms with E-state index in [2.05, 4.69) is 15.6 Å². The molecule has 2 heterocycles. The molecule has 0 saturated heterocycles. The van der Waals surface area contributed by atoms with Gasteiger partial charge in [0.05, 0.1) is 12.6 Å². The third-order valence-corrected chi connectivity index (χ3v) is 7.59. The van der Waals surface area contributed by atoms with Crippen LogP contribution in [0.5, 0.6) is 23.0 Å². The normalized spacial score (nSPS) is 15.4. The van der Waals surface area contributed by atoms with Crippen LogP contribution >= 0.6 is 0 Å². The maximum absolute atomic E-state index is 14.3. The molecule has 6 rings (SSSR count). The van der Waals surface area contributed by atoms with E-state index in [4.69, 9.17) is 14.2 Å². The summed E-state index contributed by atoms with van der Waals surface area (Å²) in [6.45, 7) is -0.111. The van der Waals surface area contributed by atoms with Crippen LogP contribution in [0, 0.1) is 0 Å². The summed E-state index contributed by atoms with van der Waals surface area (Å²) < 4.78 is 17.8. The van der Waals surface area contributed by atoms with Crippen molar-refractivity contribution in [1.82, 2.24) is 20.3 Å². The average Bonchev–Trinajstić information content (AvgIpc) is 3.63. The third kappa shape index (κ3) is 5.34. The number of nitrogens with zero attached hydrogens (tertiary/aromatic N) is 4.